The summed E-state index contributed by atoms with van der Waals surface area (Å²) >= 11 is 0. The number of aryl methyl sites for hydroxylation is 1. The highest BCUT2D eigenvalue weighted by atomic mass is 32.2. The smallest absolute Gasteiger partial charge is 0.0574 e. The van der Waals surface area contributed by atoms with Crippen molar-refractivity contribution in [1.82, 2.24) is 0 Å². The van der Waals surface area contributed by atoms with Gasteiger partial charge in [-0.15, -0.1) is 0 Å². The zero-order chi connectivity index (χ0) is 12.3. The lowest BCUT2D eigenvalue weighted by Gasteiger charge is -2.05. The highest BCUT2D eigenvalue weighted by Gasteiger charge is 2.06. The molecule has 2 aromatic carbocycles. The Labute approximate surface area is 104 Å². The van der Waals surface area contributed by atoms with Gasteiger partial charge in [0.2, 0.25) is 0 Å². The lowest BCUT2D eigenvalue weighted by molar-refractivity contribution is 0.682. The van der Waals surface area contributed by atoms with E-state index in [1.165, 1.54) is 5.56 Å². The van der Waals surface area contributed by atoms with Gasteiger partial charge in [-0.25, -0.2) is 0 Å². The molecule has 88 valence electrons. The van der Waals surface area contributed by atoms with Crippen LogP contribution in [0, 0.1) is 6.92 Å². The minimum Gasteiger partial charge on any atom is -0.398 e. The SMILES string of the molecule is Cc1ccc(S(=O)Cc2ccccc2N)cc1. The number of hydrogen-bond acceptors (Lipinski definition) is 2. The van der Waals surface area contributed by atoms with Crippen molar-refractivity contribution in [3.05, 3.63) is 59.7 Å². The van der Waals surface area contributed by atoms with Crippen molar-refractivity contribution in [1.29, 1.82) is 0 Å². The number of hydrogen-bond donors (Lipinski definition) is 1. The minimum absolute atomic E-state index is 0.468. The second kappa shape index (κ2) is 5.15. The molecule has 2 rings (SSSR count). The largest absolute Gasteiger partial charge is 0.398 e. The van der Waals surface area contributed by atoms with E-state index < -0.39 is 10.8 Å². The van der Waals surface area contributed by atoms with Gasteiger partial charge < -0.3 is 5.73 Å². The van der Waals surface area contributed by atoms with E-state index in [2.05, 4.69) is 0 Å². The number of para-hydroxylation sites is 1. The molecule has 0 fully saturated rings. The van der Waals surface area contributed by atoms with Crippen LogP contribution >= 0.6 is 0 Å². The molecule has 1 atom stereocenters. The van der Waals surface area contributed by atoms with Gasteiger partial charge in [-0.3, -0.25) is 4.21 Å². The zero-order valence-electron chi connectivity index (χ0n) is 9.72. The Hall–Kier alpha value is -1.61. The van der Waals surface area contributed by atoms with Crippen molar-refractivity contribution >= 4 is 16.5 Å². The molecular formula is C14H15NOS. The van der Waals surface area contributed by atoms with Crippen molar-refractivity contribution in [2.75, 3.05) is 5.73 Å². The van der Waals surface area contributed by atoms with Crippen LogP contribution in [0.5, 0.6) is 0 Å². The van der Waals surface area contributed by atoms with E-state index in [0.717, 1.165) is 10.5 Å². The highest BCUT2D eigenvalue weighted by Crippen LogP contribution is 2.17. The summed E-state index contributed by atoms with van der Waals surface area (Å²) in [5.74, 6) is 0.468. The van der Waals surface area contributed by atoms with Gasteiger partial charge in [-0.2, -0.15) is 0 Å². The van der Waals surface area contributed by atoms with E-state index >= 15 is 0 Å². The molecule has 0 radical (unpaired) electrons. The normalized spacial score (nSPS) is 12.3. The molecule has 0 aliphatic rings. The van der Waals surface area contributed by atoms with Gasteiger partial charge in [-0.05, 0) is 30.7 Å². The van der Waals surface area contributed by atoms with Gasteiger partial charge in [0.25, 0.3) is 0 Å². The third-order valence-electron chi connectivity index (χ3n) is 2.63. The average Bonchev–Trinajstić information content (AvgIpc) is 2.33. The highest BCUT2D eigenvalue weighted by molar-refractivity contribution is 7.84. The molecular weight excluding hydrogens is 230 g/mol. The maximum Gasteiger partial charge on any atom is 0.0574 e. The van der Waals surface area contributed by atoms with E-state index in [1.807, 2.05) is 55.5 Å². The Morgan fingerprint density at radius 1 is 1.06 bits per heavy atom. The third kappa shape index (κ3) is 2.94. The Balaban J connectivity index is 2.17. The first-order valence-corrected chi connectivity index (χ1v) is 6.77. The van der Waals surface area contributed by atoms with Crippen molar-refractivity contribution in [3.63, 3.8) is 0 Å². The monoisotopic (exact) mass is 245 g/mol. The Bertz CT molecular complexity index is 534. The van der Waals surface area contributed by atoms with Gasteiger partial charge in [0.15, 0.2) is 0 Å². The van der Waals surface area contributed by atoms with Crippen molar-refractivity contribution in [3.8, 4) is 0 Å². The molecule has 2 nitrogen and oxygen atoms in total. The number of nitrogens with two attached hydrogens (primary N) is 1. The van der Waals surface area contributed by atoms with Gasteiger partial charge >= 0.3 is 0 Å². The predicted molar refractivity (Wildman–Crippen MR) is 72.1 cm³/mol. The van der Waals surface area contributed by atoms with Crippen LogP contribution in [0.2, 0.25) is 0 Å². The van der Waals surface area contributed by atoms with Crippen LogP contribution in [0.15, 0.2) is 53.4 Å². The van der Waals surface area contributed by atoms with Gasteiger partial charge in [-0.1, -0.05) is 35.9 Å². The molecule has 0 saturated heterocycles. The Morgan fingerprint density at radius 2 is 1.71 bits per heavy atom. The van der Waals surface area contributed by atoms with E-state index in [1.54, 1.807) is 0 Å². The molecule has 0 bridgehead atoms. The topological polar surface area (TPSA) is 43.1 Å². The fourth-order valence-corrected chi connectivity index (χ4v) is 2.73. The minimum atomic E-state index is -1.03. The first-order chi connectivity index (χ1) is 8.16. The van der Waals surface area contributed by atoms with Crippen LogP contribution in [0.3, 0.4) is 0 Å². The molecule has 17 heavy (non-hydrogen) atoms. The lowest BCUT2D eigenvalue weighted by Crippen LogP contribution is -2.00. The maximum absolute atomic E-state index is 12.1. The standard InChI is InChI=1S/C14H15NOS/c1-11-6-8-13(9-7-11)17(16)10-12-4-2-3-5-14(12)15/h2-9H,10,15H2,1H3. The van der Waals surface area contributed by atoms with Crippen LogP contribution < -0.4 is 5.73 Å². The summed E-state index contributed by atoms with van der Waals surface area (Å²) in [6.07, 6.45) is 0. The molecule has 0 aliphatic heterocycles. The zero-order valence-corrected chi connectivity index (χ0v) is 10.5. The molecule has 1 unspecified atom stereocenters. The number of benzene rings is 2. The fraction of sp³-hybridized carbons (Fsp3) is 0.143. The van der Waals surface area contributed by atoms with Crippen molar-refractivity contribution in [2.45, 2.75) is 17.6 Å². The fourth-order valence-electron chi connectivity index (χ4n) is 1.58. The number of rotatable bonds is 3. The Kier molecular flexibility index (Phi) is 3.59. The number of nitrogen functional groups attached to an aromatic ring is 1. The van der Waals surface area contributed by atoms with Crippen LogP contribution in [0.1, 0.15) is 11.1 Å². The molecule has 0 heterocycles. The molecule has 0 aromatic heterocycles. The van der Waals surface area contributed by atoms with E-state index in [4.69, 9.17) is 5.73 Å². The summed E-state index contributed by atoms with van der Waals surface area (Å²) in [6, 6.07) is 15.3. The van der Waals surface area contributed by atoms with Crippen LogP contribution in [-0.4, -0.2) is 4.21 Å². The second-order valence-corrected chi connectivity index (χ2v) is 5.45. The quantitative estimate of drug-likeness (QED) is 0.845. The lowest BCUT2D eigenvalue weighted by atomic mass is 10.2. The van der Waals surface area contributed by atoms with E-state index in [0.29, 0.717) is 11.4 Å². The molecule has 0 amide bonds. The van der Waals surface area contributed by atoms with E-state index in [9.17, 15) is 4.21 Å². The third-order valence-corrected chi connectivity index (χ3v) is 4.00. The summed E-state index contributed by atoms with van der Waals surface area (Å²) in [4.78, 5) is 0.846. The summed E-state index contributed by atoms with van der Waals surface area (Å²) in [5, 5.41) is 0. The summed E-state index contributed by atoms with van der Waals surface area (Å²) < 4.78 is 12.1. The van der Waals surface area contributed by atoms with Crippen LogP contribution in [-0.2, 0) is 16.6 Å². The molecule has 0 saturated carbocycles. The average molecular weight is 245 g/mol. The van der Waals surface area contributed by atoms with Crippen molar-refractivity contribution in [2.24, 2.45) is 0 Å². The Morgan fingerprint density at radius 3 is 2.35 bits per heavy atom. The first kappa shape index (κ1) is 11.9. The number of anilines is 1. The molecule has 0 spiro atoms. The van der Waals surface area contributed by atoms with Crippen LogP contribution in [0.25, 0.3) is 0 Å². The molecule has 2 N–H and O–H groups in total. The van der Waals surface area contributed by atoms with Gasteiger partial charge in [0, 0.05) is 10.6 Å². The van der Waals surface area contributed by atoms with Gasteiger partial charge in [0.1, 0.15) is 0 Å². The maximum atomic E-state index is 12.1. The molecule has 0 aliphatic carbocycles. The first-order valence-electron chi connectivity index (χ1n) is 5.45. The molecule has 2 aromatic rings. The predicted octanol–water partition coefficient (Wildman–Crippen LogP) is 2.89. The van der Waals surface area contributed by atoms with Crippen molar-refractivity contribution < 1.29 is 4.21 Å². The van der Waals surface area contributed by atoms with E-state index in [-0.39, 0.29) is 0 Å². The molecule has 3 heteroatoms. The summed E-state index contributed by atoms with van der Waals surface area (Å²) in [5.41, 5.74) is 8.65. The van der Waals surface area contributed by atoms with Gasteiger partial charge in [0.05, 0.1) is 16.6 Å². The summed E-state index contributed by atoms with van der Waals surface area (Å²) in [7, 11) is -1.03. The summed E-state index contributed by atoms with van der Waals surface area (Å²) in [6.45, 7) is 2.02. The second-order valence-electron chi connectivity index (χ2n) is 4.00. The van der Waals surface area contributed by atoms with Crippen LogP contribution in [0.4, 0.5) is 5.69 Å².